The van der Waals surface area contributed by atoms with Crippen molar-refractivity contribution < 1.29 is 9.59 Å². The Bertz CT molecular complexity index is 97.1. The molecule has 3 heteroatoms. The van der Waals surface area contributed by atoms with Crippen molar-refractivity contribution in [2.45, 2.75) is 47.5 Å². The van der Waals surface area contributed by atoms with Gasteiger partial charge >= 0.3 is 0 Å². The summed E-state index contributed by atoms with van der Waals surface area (Å²) in [6.45, 7) is 9.43. The van der Waals surface area contributed by atoms with E-state index in [1.807, 2.05) is 27.7 Å². The van der Waals surface area contributed by atoms with Crippen molar-refractivity contribution in [1.82, 2.24) is 0 Å². The third-order valence-electron chi connectivity index (χ3n) is 0.723. The molecule has 0 rings (SSSR count). The number of carbonyl (C=O) groups is 2. The summed E-state index contributed by atoms with van der Waals surface area (Å²) < 4.78 is 0. The van der Waals surface area contributed by atoms with Gasteiger partial charge in [-0.15, -0.1) is 0 Å². The van der Waals surface area contributed by atoms with Crippen LogP contribution in [0, 0.1) is 0 Å². The minimum atomic E-state index is -0.416. The van der Waals surface area contributed by atoms with Crippen LogP contribution in [0.15, 0.2) is 0 Å². The number of rotatable bonds is 3. The van der Waals surface area contributed by atoms with Crippen molar-refractivity contribution in [3.63, 3.8) is 0 Å². The second kappa shape index (κ2) is 16.6. The molecule has 0 aromatic heterocycles. The highest BCUT2D eigenvalue weighted by atomic mass is 16.1. The van der Waals surface area contributed by atoms with Crippen molar-refractivity contribution in [3.05, 3.63) is 0 Å². The summed E-state index contributed by atoms with van der Waals surface area (Å²) in [5.74, 6) is -0.413. The van der Waals surface area contributed by atoms with Gasteiger partial charge in [-0.25, -0.2) is 0 Å². The van der Waals surface area contributed by atoms with Gasteiger partial charge in [-0.2, -0.15) is 0 Å². The highest BCUT2D eigenvalue weighted by Gasteiger charge is 1.95. The van der Waals surface area contributed by atoms with Gasteiger partial charge in [0.1, 0.15) is 5.78 Å². The lowest BCUT2D eigenvalue weighted by Gasteiger charge is -1.87. The first kappa shape index (κ1) is 17.3. The number of amides is 1. The van der Waals surface area contributed by atoms with Crippen LogP contribution in [-0.2, 0) is 9.59 Å². The molecule has 0 aliphatic carbocycles. The fourth-order valence-electron chi connectivity index (χ4n) is 0.299. The van der Waals surface area contributed by atoms with Gasteiger partial charge in [0.05, 0.1) is 0 Å². The second-order valence-electron chi connectivity index (χ2n) is 1.67. The molecule has 0 atom stereocenters. The van der Waals surface area contributed by atoms with Crippen LogP contribution in [0.25, 0.3) is 0 Å². The van der Waals surface area contributed by atoms with E-state index in [1.54, 1.807) is 0 Å². The minimum Gasteiger partial charge on any atom is -0.370 e. The first-order valence-electron chi connectivity index (χ1n) is 4.40. The summed E-state index contributed by atoms with van der Waals surface area (Å²) in [6.07, 6.45) is 0.449. The number of hydrogen-bond donors (Lipinski definition) is 1. The Morgan fingerprint density at radius 2 is 1.33 bits per heavy atom. The highest BCUT2D eigenvalue weighted by Crippen LogP contribution is 1.86. The van der Waals surface area contributed by atoms with E-state index in [-0.39, 0.29) is 18.6 Å². The van der Waals surface area contributed by atoms with Crippen molar-refractivity contribution in [1.29, 1.82) is 0 Å². The number of carbonyl (C=O) groups excluding carboxylic acids is 2. The van der Waals surface area contributed by atoms with E-state index in [0.29, 0.717) is 0 Å². The SMILES string of the molecule is CC.CC.CC(=O)CCC(N)=O. The number of Topliss-reactive ketones (excluding diaryl/α,β-unsaturated/α-hetero) is 1. The maximum Gasteiger partial charge on any atom is 0.217 e. The van der Waals surface area contributed by atoms with Crippen molar-refractivity contribution in [3.8, 4) is 0 Å². The molecular formula is C9H21NO2. The topological polar surface area (TPSA) is 60.2 Å². The summed E-state index contributed by atoms with van der Waals surface area (Å²) >= 11 is 0. The van der Waals surface area contributed by atoms with Gasteiger partial charge in [0.2, 0.25) is 5.91 Å². The number of hydrogen-bond acceptors (Lipinski definition) is 2. The Hall–Kier alpha value is -0.860. The quantitative estimate of drug-likeness (QED) is 0.712. The summed E-state index contributed by atoms with van der Waals surface area (Å²) in [5.41, 5.74) is 4.75. The summed E-state index contributed by atoms with van der Waals surface area (Å²) in [5, 5.41) is 0. The molecule has 0 fully saturated rings. The van der Waals surface area contributed by atoms with Gasteiger partial charge in [-0.3, -0.25) is 4.79 Å². The zero-order chi connectivity index (χ0) is 10.6. The van der Waals surface area contributed by atoms with Crippen LogP contribution in [0.1, 0.15) is 47.5 Å². The molecule has 0 unspecified atom stereocenters. The van der Waals surface area contributed by atoms with Gasteiger partial charge in [0, 0.05) is 12.8 Å². The van der Waals surface area contributed by atoms with E-state index in [4.69, 9.17) is 5.73 Å². The van der Waals surface area contributed by atoms with Crippen LogP contribution in [-0.4, -0.2) is 11.7 Å². The Kier molecular flexibility index (Phi) is 23.9. The van der Waals surface area contributed by atoms with Crippen molar-refractivity contribution in [2.24, 2.45) is 5.73 Å². The fraction of sp³-hybridized carbons (Fsp3) is 0.778. The summed E-state index contributed by atoms with van der Waals surface area (Å²) in [6, 6.07) is 0. The zero-order valence-electron chi connectivity index (χ0n) is 8.81. The highest BCUT2D eigenvalue weighted by molar-refractivity contribution is 5.82. The maximum absolute atomic E-state index is 10.1. The normalized spacial score (nSPS) is 6.75. The number of primary amides is 1. The molecule has 0 saturated carbocycles. The fourth-order valence-corrected chi connectivity index (χ4v) is 0.299. The lowest BCUT2D eigenvalue weighted by Crippen LogP contribution is -2.11. The van der Waals surface area contributed by atoms with Gasteiger partial charge in [-0.1, -0.05) is 27.7 Å². The van der Waals surface area contributed by atoms with E-state index in [1.165, 1.54) is 6.92 Å². The maximum atomic E-state index is 10.1. The minimum absolute atomic E-state index is 0.00352. The van der Waals surface area contributed by atoms with E-state index in [0.717, 1.165) is 0 Å². The van der Waals surface area contributed by atoms with E-state index >= 15 is 0 Å². The largest absolute Gasteiger partial charge is 0.370 e. The molecule has 3 nitrogen and oxygen atoms in total. The molecule has 1 amide bonds. The van der Waals surface area contributed by atoms with Gasteiger partial charge < -0.3 is 10.5 Å². The molecule has 0 aromatic rings. The molecule has 0 aromatic carbocycles. The van der Waals surface area contributed by atoms with Crippen molar-refractivity contribution in [2.75, 3.05) is 0 Å². The molecule has 0 bridgehead atoms. The van der Waals surface area contributed by atoms with Crippen LogP contribution in [0.2, 0.25) is 0 Å². The molecule has 0 heterocycles. The standard InChI is InChI=1S/C5H9NO2.2C2H6/c1-4(7)2-3-5(6)8;2*1-2/h2-3H2,1H3,(H2,6,8);2*1-2H3. The Balaban J connectivity index is -0.000000175. The summed E-state index contributed by atoms with van der Waals surface area (Å²) in [7, 11) is 0. The molecule has 2 N–H and O–H groups in total. The Morgan fingerprint density at radius 1 is 1.00 bits per heavy atom. The van der Waals surface area contributed by atoms with Gasteiger partial charge in [0.25, 0.3) is 0 Å². The third-order valence-corrected chi connectivity index (χ3v) is 0.723. The lowest BCUT2D eigenvalue weighted by molar-refractivity contribution is -0.122. The molecule has 0 saturated heterocycles. The van der Waals surface area contributed by atoms with Crippen LogP contribution < -0.4 is 5.73 Å². The molecular weight excluding hydrogens is 154 g/mol. The van der Waals surface area contributed by atoms with E-state index < -0.39 is 5.91 Å². The van der Waals surface area contributed by atoms with Gasteiger partial charge in [0.15, 0.2) is 0 Å². The first-order valence-corrected chi connectivity index (χ1v) is 4.40. The van der Waals surface area contributed by atoms with Crippen molar-refractivity contribution >= 4 is 11.7 Å². The second-order valence-corrected chi connectivity index (χ2v) is 1.67. The molecule has 74 valence electrons. The van der Waals surface area contributed by atoms with Crippen LogP contribution in [0.4, 0.5) is 0 Å². The van der Waals surface area contributed by atoms with E-state index in [2.05, 4.69) is 0 Å². The lowest BCUT2D eigenvalue weighted by atomic mass is 10.2. The Morgan fingerprint density at radius 3 is 1.42 bits per heavy atom. The van der Waals surface area contributed by atoms with Crippen LogP contribution >= 0.6 is 0 Å². The number of ketones is 1. The summed E-state index contributed by atoms with van der Waals surface area (Å²) in [4.78, 5) is 20.1. The average Bonchev–Trinajstić information content (AvgIpc) is 2.08. The number of nitrogens with two attached hydrogens (primary N) is 1. The first-order chi connectivity index (χ1) is 5.63. The molecule has 0 radical (unpaired) electrons. The third kappa shape index (κ3) is 35.3. The smallest absolute Gasteiger partial charge is 0.217 e. The van der Waals surface area contributed by atoms with E-state index in [9.17, 15) is 9.59 Å². The monoisotopic (exact) mass is 175 g/mol. The van der Waals surface area contributed by atoms with Gasteiger partial charge in [-0.05, 0) is 6.92 Å². The van der Waals surface area contributed by atoms with Crippen LogP contribution in [0.5, 0.6) is 0 Å². The Labute approximate surface area is 75.3 Å². The zero-order valence-corrected chi connectivity index (χ0v) is 8.81. The molecule has 0 aliphatic heterocycles. The molecule has 0 spiro atoms. The molecule has 12 heavy (non-hydrogen) atoms. The predicted octanol–water partition coefficient (Wildman–Crippen LogP) is 1.89. The van der Waals surface area contributed by atoms with Crippen LogP contribution in [0.3, 0.4) is 0 Å². The average molecular weight is 175 g/mol. The predicted molar refractivity (Wildman–Crippen MR) is 51.8 cm³/mol. The molecule has 0 aliphatic rings.